The number of phenolic OH excluding ortho intramolecular Hbond substituents is 1. The summed E-state index contributed by atoms with van der Waals surface area (Å²) in [4.78, 5) is 0. The van der Waals surface area contributed by atoms with Crippen LogP contribution < -0.4 is 39.6 Å². The van der Waals surface area contributed by atoms with Crippen LogP contribution in [0.5, 0.6) is 34.5 Å². The summed E-state index contributed by atoms with van der Waals surface area (Å²) >= 11 is 0. The fraction of sp³-hybridized carbons (Fsp3) is 0.438. The highest BCUT2D eigenvalue weighted by Gasteiger charge is 2.41. The summed E-state index contributed by atoms with van der Waals surface area (Å²) in [6.45, 7) is 4.19. The predicted molar refractivity (Wildman–Crippen MR) is 160 cm³/mol. The second-order valence-electron chi connectivity index (χ2n) is 10.8. The molecule has 3 atom stereocenters. The summed E-state index contributed by atoms with van der Waals surface area (Å²) in [5.41, 5.74) is 8.00. The van der Waals surface area contributed by atoms with Crippen LogP contribution in [0, 0.1) is 0 Å². The van der Waals surface area contributed by atoms with Crippen molar-refractivity contribution in [1.82, 2.24) is 10.6 Å². The molecule has 10 heteroatoms. The summed E-state index contributed by atoms with van der Waals surface area (Å²) < 4.78 is 29.3. The fourth-order valence-electron chi connectivity index (χ4n) is 6.68. The van der Waals surface area contributed by atoms with Gasteiger partial charge in [0.2, 0.25) is 5.75 Å². The first kappa shape index (κ1) is 28.3. The van der Waals surface area contributed by atoms with E-state index >= 15 is 0 Å². The van der Waals surface area contributed by atoms with E-state index in [1.807, 2.05) is 26.1 Å². The maximum absolute atomic E-state index is 12.0. The van der Waals surface area contributed by atoms with Crippen LogP contribution in [0.2, 0.25) is 0 Å². The van der Waals surface area contributed by atoms with E-state index in [4.69, 9.17) is 23.7 Å². The third-order valence-electron chi connectivity index (χ3n) is 8.62. The van der Waals surface area contributed by atoms with Crippen molar-refractivity contribution < 1.29 is 33.9 Å². The Morgan fingerprint density at radius 3 is 2.31 bits per heavy atom. The molecular formula is C32H39N3O7. The quantitative estimate of drug-likeness (QED) is 0.178. The van der Waals surface area contributed by atoms with Crippen molar-refractivity contribution in [2.45, 2.75) is 37.8 Å². The highest BCUT2D eigenvalue weighted by molar-refractivity contribution is 5.94. The Morgan fingerprint density at radius 1 is 0.929 bits per heavy atom. The maximum Gasteiger partial charge on any atom is 0.200 e. The van der Waals surface area contributed by atoms with Gasteiger partial charge in [0.15, 0.2) is 11.5 Å². The number of nitrogens with one attached hydrogen (secondary N) is 3. The molecule has 0 saturated heterocycles. The summed E-state index contributed by atoms with van der Waals surface area (Å²) in [6.07, 6.45) is 0.634. The van der Waals surface area contributed by atoms with Crippen molar-refractivity contribution in [3.63, 3.8) is 0 Å². The van der Waals surface area contributed by atoms with Gasteiger partial charge in [0, 0.05) is 52.5 Å². The van der Waals surface area contributed by atoms with Crippen molar-refractivity contribution in [2.24, 2.45) is 0 Å². The minimum Gasteiger partial charge on any atom is -0.502 e. The van der Waals surface area contributed by atoms with Crippen LogP contribution in [-0.4, -0.2) is 65.0 Å². The Morgan fingerprint density at radius 2 is 1.64 bits per heavy atom. The number of anilines is 1. The Kier molecular flexibility index (Phi) is 7.69. The number of ether oxygens (including phenoxy) is 5. The second-order valence-corrected chi connectivity index (χ2v) is 10.8. The predicted octanol–water partition coefficient (Wildman–Crippen LogP) is 4.03. The molecule has 2 aliphatic heterocycles. The van der Waals surface area contributed by atoms with Gasteiger partial charge in [0.05, 0.1) is 40.1 Å². The van der Waals surface area contributed by atoms with E-state index in [-0.39, 0.29) is 29.9 Å². The normalized spacial score (nSPS) is 19.6. The number of fused-ring (bicyclic) bond motifs is 2. The van der Waals surface area contributed by atoms with Gasteiger partial charge in [0.1, 0.15) is 24.0 Å². The van der Waals surface area contributed by atoms with E-state index in [9.17, 15) is 10.2 Å². The molecule has 0 saturated carbocycles. The van der Waals surface area contributed by atoms with Crippen LogP contribution in [0.3, 0.4) is 0 Å². The van der Waals surface area contributed by atoms with Gasteiger partial charge in [-0.1, -0.05) is 6.92 Å². The van der Waals surface area contributed by atoms with Crippen LogP contribution in [0.1, 0.15) is 52.8 Å². The van der Waals surface area contributed by atoms with E-state index in [0.29, 0.717) is 19.0 Å². The number of rotatable bonds is 10. The number of benzene rings is 3. The molecule has 0 aromatic heterocycles. The number of aliphatic hydroxyl groups is 1. The average Bonchev–Trinajstić information content (AvgIpc) is 3.00. The third-order valence-corrected chi connectivity index (χ3v) is 8.62. The van der Waals surface area contributed by atoms with Crippen LogP contribution in [0.25, 0.3) is 11.1 Å². The number of hydrogen-bond acceptors (Lipinski definition) is 10. The van der Waals surface area contributed by atoms with E-state index in [0.717, 1.165) is 75.5 Å². The van der Waals surface area contributed by atoms with Crippen LogP contribution in [0.4, 0.5) is 5.69 Å². The standard InChI is InChI=1S/C32H39N3O7/c1-6-34-15-42-24-12-22(38-3)17-7-8-18-27-20(35-21(13-33-2)30(24)29(17)27)11-23-28(18)31(36)19(14-41-23)16-9-25(39-4)32(37)26(10-16)40-5/h9-12,19,21,31,33-37H,6-8,13-15H2,1-5H3. The number of likely N-dealkylation sites (N-methyl/N-ethyl adjacent to an activating group) is 1. The largest absolute Gasteiger partial charge is 0.502 e. The highest BCUT2D eigenvalue weighted by Crippen LogP contribution is 2.57. The maximum atomic E-state index is 12.0. The molecule has 0 bridgehead atoms. The van der Waals surface area contributed by atoms with Gasteiger partial charge in [-0.05, 0) is 55.3 Å². The monoisotopic (exact) mass is 577 g/mol. The molecule has 5 N–H and O–H groups in total. The highest BCUT2D eigenvalue weighted by atomic mass is 16.5. The molecule has 0 radical (unpaired) electrons. The summed E-state index contributed by atoms with van der Waals surface area (Å²) in [5, 5.41) is 32.8. The van der Waals surface area contributed by atoms with Crippen LogP contribution in [0.15, 0.2) is 24.3 Å². The van der Waals surface area contributed by atoms with Gasteiger partial charge in [-0.3, -0.25) is 5.32 Å². The lowest BCUT2D eigenvalue weighted by molar-refractivity contribution is 0.0878. The van der Waals surface area contributed by atoms with Crippen LogP contribution in [-0.2, 0) is 12.8 Å². The lowest BCUT2D eigenvalue weighted by atomic mass is 9.73. The Bertz CT molecular complexity index is 1480. The minimum absolute atomic E-state index is 0.0408. The van der Waals surface area contributed by atoms with Gasteiger partial charge in [-0.15, -0.1) is 0 Å². The Hall–Kier alpha value is -3.86. The summed E-state index contributed by atoms with van der Waals surface area (Å²) in [5.74, 6) is 2.35. The lowest BCUT2D eigenvalue weighted by Gasteiger charge is -2.40. The minimum atomic E-state index is -0.844. The van der Waals surface area contributed by atoms with E-state index in [1.165, 1.54) is 14.2 Å². The zero-order valence-corrected chi connectivity index (χ0v) is 24.7. The van der Waals surface area contributed by atoms with Crippen molar-refractivity contribution in [1.29, 1.82) is 0 Å². The Balaban J connectivity index is 1.52. The van der Waals surface area contributed by atoms with Gasteiger partial charge in [0.25, 0.3) is 0 Å². The van der Waals surface area contributed by atoms with Crippen molar-refractivity contribution in [2.75, 3.05) is 60.1 Å². The average molecular weight is 578 g/mol. The number of methoxy groups -OCH3 is 3. The fourth-order valence-corrected chi connectivity index (χ4v) is 6.68. The first-order valence-electron chi connectivity index (χ1n) is 14.4. The van der Waals surface area contributed by atoms with E-state index in [2.05, 4.69) is 16.0 Å². The molecule has 3 aliphatic rings. The van der Waals surface area contributed by atoms with Crippen molar-refractivity contribution in [3.05, 3.63) is 52.1 Å². The molecule has 0 spiro atoms. The van der Waals surface area contributed by atoms with Crippen LogP contribution >= 0.6 is 0 Å². The Labute approximate surface area is 245 Å². The number of aromatic hydroxyl groups is 1. The molecule has 3 unspecified atom stereocenters. The molecule has 224 valence electrons. The number of aliphatic hydroxyl groups excluding tert-OH is 1. The number of phenols is 1. The molecule has 0 amide bonds. The first-order chi connectivity index (χ1) is 20.4. The van der Waals surface area contributed by atoms with Gasteiger partial charge < -0.3 is 44.5 Å². The van der Waals surface area contributed by atoms with E-state index in [1.54, 1.807) is 19.2 Å². The zero-order chi connectivity index (χ0) is 29.5. The molecule has 1 aliphatic carbocycles. The molecule has 6 rings (SSSR count). The molecule has 2 heterocycles. The zero-order valence-electron chi connectivity index (χ0n) is 24.7. The molecule has 3 aromatic rings. The van der Waals surface area contributed by atoms with Gasteiger partial charge in [-0.2, -0.15) is 0 Å². The molecule has 0 fully saturated rings. The molecule has 3 aromatic carbocycles. The van der Waals surface area contributed by atoms with Crippen molar-refractivity contribution in [3.8, 4) is 45.6 Å². The van der Waals surface area contributed by atoms with Crippen molar-refractivity contribution >= 4 is 5.69 Å². The third kappa shape index (κ3) is 4.45. The molecule has 10 nitrogen and oxygen atoms in total. The molecular weight excluding hydrogens is 538 g/mol. The smallest absolute Gasteiger partial charge is 0.200 e. The van der Waals surface area contributed by atoms with Gasteiger partial charge >= 0.3 is 0 Å². The van der Waals surface area contributed by atoms with E-state index < -0.39 is 12.0 Å². The summed E-state index contributed by atoms with van der Waals surface area (Å²) in [7, 11) is 6.62. The SMILES string of the molecule is CCNCOc1cc(OC)c2c3c1C(CNC)Nc1cc4c(c(c1-3)CC2)C(O)C(c1cc(OC)c(O)c(OC)c1)CO4. The molecule has 42 heavy (non-hydrogen) atoms. The number of hydrogen-bond donors (Lipinski definition) is 5. The van der Waals surface area contributed by atoms with Gasteiger partial charge in [-0.25, -0.2) is 0 Å². The lowest BCUT2D eigenvalue weighted by Crippen LogP contribution is -2.32. The summed E-state index contributed by atoms with van der Waals surface area (Å²) in [6, 6.07) is 7.45. The second kappa shape index (κ2) is 11.4. The topological polar surface area (TPSA) is 123 Å². The first-order valence-corrected chi connectivity index (χ1v) is 14.4.